The molecule has 0 saturated carbocycles. The van der Waals surface area contributed by atoms with Gasteiger partial charge in [0.1, 0.15) is 5.75 Å². The zero-order valence-corrected chi connectivity index (χ0v) is 19.8. The minimum Gasteiger partial charge on any atom is -0.508 e. The van der Waals surface area contributed by atoms with Crippen molar-refractivity contribution < 1.29 is 10.1 Å². The summed E-state index contributed by atoms with van der Waals surface area (Å²) in [5.41, 5.74) is 4.50. The molecule has 3 atom stereocenters. The lowest BCUT2D eigenvalue weighted by molar-refractivity contribution is -0.365. The van der Waals surface area contributed by atoms with Gasteiger partial charge in [0.05, 0.1) is 18.9 Å². The molecule has 0 radical (unpaired) electrons. The number of phenols is 1. The van der Waals surface area contributed by atoms with Crippen LogP contribution < -0.4 is 20.9 Å². The second-order valence-corrected chi connectivity index (χ2v) is 9.35. The van der Waals surface area contributed by atoms with Crippen LogP contribution in [0.15, 0.2) is 60.8 Å². The Kier molecular flexibility index (Phi) is 7.04. The number of nitrogens with zero attached hydrogens (tertiary/aromatic N) is 2. The Labute approximate surface area is 201 Å². The average molecular weight is 460 g/mol. The smallest absolute Gasteiger partial charge is 0.389 e. The molecule has 3 aromatic rings. The number of nitrogens with one attached hydrogen (secondary N) is 4. The van der Waals surface area contributed by atoms with Crippen molar-refractivity contribution in [2.24, 2.45) is 0 Å². The molecule has 0 aliphatic carbocycles. The topological polar surface area (TPSA) is 86.6 Å². The minimum absolute atomic E-state index is 0.301. The van der Waals surface area contributed by atoms with Crippen molar-refractivity contribution >= 4 is 5.95 Å². The number of benzene rings is 2. The lowest BCUT2D eigenvalue weighted by Crippen LogP contribution is -2.50. The molecule has 7 nitrogen and oxygen atoms in total. The van der Waals surface area contributed by atoms with Gasteiger partial charge in [-0.05, 0) is 48.7 Å². The van der Waals surface area contributed by atoms with Gasteiger partial charge in [-0.25, -0.2) is 4.98 Å². The molecule has 2 saturated heterocycles. The van der Waals surface area contributed by atoms with E-state index in [1.807, 2.05) is 24.4 Å². The quantitative estimate of drug-likeness (QED) is 0.394. The van der Waals surface area contributed by atoms with Crippen LogP contribution in [0.1, 0.15) is 30.9 Å². The summed E-state index contributed by atoms with van der Waals surface area (Å²) < 4.78 is 0. The number of rotatable bonds is 9. The van der Waals surface area contributed by atoms with E-state index >= 15 is 0 Å². The van der Waals surface area contributed by atoms with E-state index in [1.54, 1.807) is 12.1 Å². The van der Waals surface area contributed by atoms with Gasteiger partial charge in [0.25, 0.3) is 0 Å². The zero-order valence-electron chi connectivity index (χ0n) is 19.8. The summed E-state index contributed by atoms with van der Waals surface area (Å²) in [4.78, 5) is 10.6. The van der Waals surface area contributed by atoms with E-state index in [2.05, 4.69) is 57.0 Å². The van der Waals surface area contributed by atoms with E-state index in [4.69, 9.17) is 4.98 Å². The lowest BCUT2D eigenvalue weighted by Gasteiger charge is -2.38. The second kappa shape index (κ2) is 10.5. The molecule has 5 rings (SSSR count). The van der Waals surface area contributed by atoms with Crippen LogP contribution in [0.5, 0.6) is 5.75 Å². The molecule has 3 heterocycles. The predicted octanol–water partition coefficient (Wildman–Crippen LogP) is 2.79. The molecular weight excluding hydrogens is 424 g/mol. The lowest BCUT2D eigenvalue weighted by atomic mass is 9.97. The number of anilines is 1. The first-order chi connectivity index (χ1) is 16.7. The summed E-state index contributed by atoms with van der Waals surface area (Å²) in [7, 11) is 0. The highest BCUT2D eigenvalue weighted by Gasteiger charge is 2.40. The van der Waals surface area contributed by atoms with E-state index in [-0.39, 0.29) is 0 Å². The molecule has 2 aliphatic heterocycles. The van der Waals surface area contributed by atoms with Crippen LogP contribution >= 0.6 is 0 Å². The number of aromatic amines is 1. The molecule has 178 valence electrons. The van der Waals surface area contributed by atoms with Gasteiger partial charge in [0, 0.05) is 43.2 Å². The highest BCUT2D eigenvalue weighted by molar-refractivity contribution is 5.60. The predicted molar refractivity (Wildman–Crippen MR) is 134 cm³/mol. The molecule has 3 unspecified atom stereocenters. The van der Waals surface area contributed by atoms with Crippen molar-refractivity contribution in [3.63, 3.8) is 0 Å². The summed E-state index contributed by atoms with van der Waals surface area (Å²) in [6.07, 6.45) is 5.58. The third-order valence-corrected chi connectivity index (χ3v) is 6.91. The van der Waals surface area contributed by atoms with E-state index < -0.39 is 0 Å². The highest BCUT2D eigenvalue weighted by atomic mass is 16.3. The number of piperidine rings is 1. The summed E-state index contributed by atoms with van der Waals surface area (Å²) in [6, 6.07) is 19.4. The Hall–Kier alpha value is -3.00. The number of hydrogen-bond donors (Lipinski definition) is 4. The zero-order chi connectivity index (χ0) is 23.3. The maximum absolute atomic E-state index is 9.64. The van der Waals surface area contributed by atoms with Crippen LogP contribution in [-0.4, -0.2) is 52.9 Å². The Balaban J connectivity index is 1.22. The van der Waals surface area contributed by atoms with Crippen LogP contribution in [0.3, 0.4) is 0 Å². The Morgan fingerprint density at radius 3 is 2.85 bits per heavy atom. The summed E-state index contributed by atoms with van der Waals surface area (Å²) in [6.45, 7) is 6.01. The van der Waals surface area contributed by atoms with Crippen LogP contribution in [0.4, 0.5) is 5.95 Å². The van der Waals surface area contributed by atoms with Gasteiger partial charge in [0.15, 0.2) is 5.69 Å². The number of phenolic OH excluding ortho intramolecular Hbond substituents is 1. The van der Waals surface area contributed by atoms with E-state index in [1.165, 1.54) is 12.0 Å². The maximum Gasteiger partial charge on any atom is 0.389 e. The van der Waals surface area contributed by atoms with Crippen LogP contribution in [-0.2, 0) is 13.0 Å². The van der Waals surface area contributed by atoms with Crippen LogP contribution in [0.2, 0.25) is 0 Å². The molecule has 34 heavy (non-hydrogen) atoms. The summed E-state index contributed by atoms with van der Waals surface area (Å²) >= 11 is 0. The van der Waals surface area contributed by atoms with E-state index in [0.717, 1.165) is 61.8 Å². The van der Waals surface area contributed by atoms with Gasteiger partial charge >= 0.3 is 5.95 Å². The van der Waals surface area contributed by atoms with Crippen LogP contribution in [0, 0.1) is 0 Å². The maximum atomic E-state index is 9.64. The SMILES string of the molecule is CCNC1CC2CNC(C1)N2Cc1cccc(-c2cc[nH+]c(NCCc3cccc(O)c3)n2)c1. The largest absolute Gasteiger partial charge is 0.508 e. The van der Waals surface area contributed by atoms with E-state index in [0.29, 0.717) is 24.0 Å². The normalized spacial score (nSPS) is 22.1. The molecule has 1 aromatic heterocycles. The molecule has 2 fully saturated rings. The van der Waals surface area contributed by atoms with Gasteiger partial charge in [-0.15, -0.1) is 0 Å². The van der Waals surface area contributed by atoms with Gasteiger partial charge < -0.3 is 15.7 Å². The third-order valence-electron chi connectivity index (χ3n) is 6.91. The Morgan fingerprint density at radius 2 is 2.00 bits per heavy atom. The summed E-state index contributed by atoms with van der Waals surface area (Å²) in [5, 5.41) is 20.4. The number of fused-ring (bicyclic) bond motifs is 2. The first-order valence-electron chi connectivity index (χ1n) is 12.4. The minimum atomic E-state index is 0.301. The van der Waals surface area contributed by atoms with Crippen molar-refractivity contribution in [2.45, 2.75) is 51.0 Å². The van der Waals surface area contributed by atoms with Crippen LogP contribution in [0.25, 0.3) is 11.3 Å². The molecule has 0 amide bonds. The molecule has 2 aliphatic rings. The fraction of sp³-hybridized carbons (Fsp3) is 0.407. The van der Waals surface area contributed by atoms with Gasteiger partial charge in [-0.2, -0.15) is 0 Å². The molecule has 7 heteroatoms. The van der Waals surface area contributed by atoms with Crippen molar-refractivity contribution in [1.82, 2.24) is 20.5 Å². The monoisotopic (exact) mass is 459 g/mol. The molecule has 0 spiro atoms. The first kappa shape index (κ1) is 22.8. The highest BCUT2D eigenvalue weighted by Crippen LogP contribution is 2.29. The Bertz CT molecular complexity index is 1090. The number of aromatic hydroxyl groups is 1. The number of aromatic nitrogens is 2. The molecule has 2 bridgehead atoms. The van der Waals surface area contributed by atoms with Gasteiger partial charge in [0.2, 0.25) is 0 Å². The van der Waals surface area contributed by atoms with Crippen molar-refractivity contribution in [3.8, 4) is 17.0 Å². The van der Waals surface area contributed by atoms with Crippen molar-refractivity contribution in [3.05, 3.63) is 71.9 Å². The Morgan fingerprint density at radius 1 is 1.12 bits per heavy atom. The number of H-pyrrole nitrogens is 1. The fourth-order valence-electron chi connectivity index (χ4n) is 5.31. The summed E-state index contributed by atoms with van der Waals surface area (Å²) in [5.74, 6) is 1.05. The van der Waals surface area contributed by atoms with E-state index in [9.17, 15) is 5.11 Å². The second-order valence-electron chi connectivity index (χ2n) is 9.35. The fourth-order valence-corrected chi connectivity index (χ4v) is 5.31. The van der Waals surface area contributed by atoms with Gasteiger partial charge in [-0.1, -0.05) is 42.2 Å². The first-order valence-corrected chi connectivity index (χ1v) is 12.4. The molecule has 2 aromatic carbocycles. The number of hydrogen-bond acceptors (Lipinski definition) is 6. The van der Waals surface area contributed by atoms with Crippen molar-refractivity contribution in [1.29, 1.82) is 0 Å². The average Bonchev–Trinajstić information content (AvgIpc) is 3.07. The molecular formula is C27H35N6O+. The molecule has 5 N–H and O–H groups in total. The van der Waals surface area contributed by atoms with Gasteiger partial charge in [-0.3, -0.25) is 10.2 Å². The van der Waals surface area contributed by atoms with Crippen molar-refractivity contribution in [2.75, 3.05) is 25.0 Å². The standard InChI is InChI=1S/C27H34N6O/c1-2-28-22-15-23-17-31-26(16-22)33(23)18-20-6-3-7-21(13-20)25-10-12-30-27(32-25)29-11-9-19-5-4-8-24(34)14-19/h3-8,10,12-14,22-23,26,28,31,34H,2,9,11,15-18H2,1H3,(H,29,30,32)/p+1. The third kappa shape index (κ3) is 5.38.